The van der Waals surface area contributed by atoms with E-state index in [2.05, 4.69) is 10.3 Å². The molecule has 0 spiro atoms. The van der Waals surface area contributed by atoms with Crippen LogP contribution in [0.15, 0.2) is 18.2 Å². The number of nitrogens with zero attached hydrogens (tertiary/aromatic N) is 3. The lowest BCUT2D eigenvalue weighted by atomic mass is 10.1. The van der Waals surface area contributed by atoms with Crippen LogP contribution in [-0.2, 0) is 20.8 Å². The summed E-state index contributed by atoms with van der Waals surface area (Å²) in [5.74, 6) is -0.378. The maximum Gasteiger partial charge on any atom is 0.331 e. The van der Waals surface area contributed by atoms with Crippen molar-refractivity contribution < 1.29 is 19.4 Å². The number of aliphatic hydroxyl groups is 1. The molecular formula is C18H25N3O4. The fourth-order valence-electron chi connectivity index (χ4n) is 2.34. The number of hydrogen-bond donors (Lipinski definition) is 1. The number of rotatable bonds is 7. The van der Waals surface area contributed by atoms with Gasteiger partial charge >= 0.3 is 5.97 Å². The predicted molar refractivity (Wildman–Crippen MR) is 95.0 cm³/mol. The maximum absolute atomic E-state index is 11.8. The minimum absolute atomic E-state index is 0.00452. The van der Waals surface area contributed by atoms with Crippen LogP contribution in [0.1, 0.15) is 31.9 Å². The Hall–Kier alpha value is -2.25. The number of aliphatic hydroxyl groups excluding tert-OH is 1. The molecule has 1 aromatic heterocycles. The third kappa shape index (κ3) is 5.37. The first kappa shape index (κ1) is 19.1. The largest absolute Gasteiger partial charge is 0.457 e. The molecule has 1 aromatic carbocycles. The number of carbonyl (C=O) groups excluding carboxylic acids is 1. The van der Waals surface area contributed by atoms with Crippen molar-refractivity contribution in [3.63, 3.8) is 0 Å². The molecule has 0 radical (unpaired) electrons. The summed E-state index contributed by atoms with van der Waals surface area (Å²) in [5.41, 5.74) is 3.01. The molecule has 1 N–H and O–H groups in total. The second-order valence-corrected chi connectivity index (χ2v) is 6.66. The molecule has 2 rings (SSSR count). The van der Waals surface area contributed by atoms with Gasteiger partial charge in [0, 0.05) is 6.08 Å². The van der Waals surface area contributed by atoms with Gasteiger partial charge in [0.25, 0.3) is 0 Å². The molecule has 0 atom stereocenters. The van der Waals surface area contributed by atoms with Gasteiger partial charge in [-0.1, -0.05) is 11.3 Å². The van der Waals surface area contributed by atoms with E-state index in [-0.39, 0.29) is 12.6 Å². The van der Waals surface area contributed by atoms with Crippen molar-refractivity contribution in [1.29, 1.82) is 0 Å². The Kier molecular flexibility index (Phi) is 6.27. The van der Waals surface area contributed by atoms with Crippen molar-refractivity contribution in [2.45, 2.75) is 39.8 Å². The van der Waals surface area contributed by atoms with Gasteiger partial charge in [0.2, 0.25) is 0 Å². The lowest BCUT2D eigenvalue weighted by Crippen LogP contribution is -2.22. The third-order valence-corrected chi connectivity index (χ3v) is 3.47. The second-order valence-electron chi connectivity index (χ2n) is 6.66. The average Bonchev–Trinajstić information content (AvgIpc) is 2.93. The van der Waals surface area contributed by atoms with E-state index in [9.17, 15) is 4.79 Å². The first-order valence-corrected chi connectivity index (χ1v) is 8.24. The van der Waals surface area contributed by atoms with Crippen molar-refractivity contribution in [2.75, 3.05) is 19.8 Å². The molecule has 136 valence electrons. The summed E-state index contributed by atoms with van der Waals surface area (Å²) >= 11 is 0. The Morgan fingerprint density at radius 2 is 2.08 bits per heavy atom. The Labute approximate surface area is 147 Å². The van der Waals surface area contributed by atoms with Crippen molar-refractivity contribution in [1.82, 2.24) is 15.0 Å². The number of aryl methyl sites for hydroxylation is 1. The Balaban J connectivity index is 2.13. The van der Waals surface area contributed by atoms with E-state index in [1.807, 2.05) is 39.8 Å². The number of aromatic nitrogens is 3. The lowest BCUT2D eigenvalue weighted by Gasteiger charge is -2.17. The monoisotopic (exact) mass is 347 g/mol. The van der Waals surface area contributed by atoms with E-state index in [1.54, 1.807) is 10.8 Å². The van der Waals surface area contributed by atoms with Gasteiger partial charge in [-0.25, -0.2) is 9.48 Å². The van der Waals surface area contributed by atoms with Gasteiger partial charge in [0.05, 0.1) is 31.9 Å². The minimum atomic E-state index is -0.513. The van der Waals surface area contributed by atoms with E-state index in [1.165, 1.54) is 6.08 Å². The highest BCUT2D eigenvalue weighted by molar-refractivity contribution is 5.89. The highest BCUT2D eigenvalue weighted by Gasteiger charge is 2.14. The fraction of sp³-hybridized carbons (Fsp3) is 0.500. The molecule has 2 aromatic rings. The first-order valence-electron chi connectivity index (χ1n) is 8.24. The van der Waals surface area contributed by atoms with Crippen molar-refractivity contribution in [3.8, 4) is 0 Å². The summed E-state index contributed by atoms with van der Waals surface area (Å²) in [6.07, 6.45) is 3.15. The lowest BCUT2D eigenvalue weighted by molar-refractivity contribution is -0.148. The zero-order valence-corrected chi connectivity index (χ0v) is 15.2. The van der Waals surface area contributed by atoms with Crippen LogP contribution in [0.4, 0.5) is 0 Å². The first-order chi connectivity index (χ1) is 11.8. The molecule has 0 amide bonds. The molecule has 7 nitrogen and oxygen atoms in total. The van der Waals surface area contributed by atoms with Gasteiger partial charge in [-0.15, -0.1) is 5.10 Å². The molecule has 0 fully saturated rings. The Morgan fingerprint density at radius 1 is 1.32 bits per heavy atom. The summed E-state index contributed by atoms with van der Waals surface area (Å²) < 4.78 is 12.3. The van der Waals surface area contributed by atoms with E-state index < -0.39 is 5.60 Å². The molecule has 0 saturated carbocycles. The van der Waals surface area contributed by atoms with E-state index in [0.717, 1.165) is 22.2 Å². The van der Waals surface area contributed by atoms with E-state index in [0.29, 0.717) is 19.8 Å². The van der Waals surface area contributed by atoms with Crippen LogP contribution in [0.2, 0.25) is 0 Å². The number of hydrogen-bond acceptors (Lipinski definition) is 6. The van der Waals surface area contributed by atoms with Crippen LogP contribution in [0.3, 0.4) is 0 Å². The number of ether oxygens (including phenoxy) is 2. The second kappa shape index (κ2) is 8.22. The summed E-state index contributed by atoms with van der Waals surface area (Å²) in [7, 11) is 0. The zero-order chi connectivity index (χ0) is 18.4. The van der Waals surface area contributed by atoms with Gasteiger partial charge in [0.1, 0.15) is 11.1 Å². The average molecular weight is 347 g/mol. The molecule has 7 heteroatoms. The van der Waals surface area contributed by atoms with Crippen LogP contribution in [0.5, 0.6) is 0 Å². The molecule has 0 aliphatic rings. The van der Waals surface area contributed by atoms with Crippen LogP contribution in [-0.4, -0.2) is 51.5 Å². The van der Waals surface area contributed by atoms with Crippen LogP contribution in [0.25, 0.3) is 17.1 Å². The molecule has 25 heavy (non-hydrogen) atoms. The quantitative estimate of drug-likeness (QED) is 0.469. The van der Waals surface area contributed by atoms with Crippen LogP contribution >= 0.6 is 0 Å². The van der Waals surface area contributed by atoms with Crippen LogP contribution in [0, 0.1) is 6.92 Å². The smallest absolute Gasteiger partial charge is 0.331 e. The molecule has 0 aliphatic heterocycles. The van der Waals surface area contributed by atoms with E-state index >= 15 is 0 Å². The zero-order valence-electron chi connectivity index (χ0n) is 15.2. The van der Waals surface area contributed by atoms with Crippen molar-refractivity contribution in [2.24, 2.45) is 0 Å². The normalized spacial score (nSPS) is 12.2. The summed E-state index contributed by atoms with van der Waals surface area (Å²) in [6.45, 7) is 8.77. The minimum Gasteiger partial charge on any atom is -0.457 e. The van der Waals surface area contributed by atoms with Gasteiger partial charge in [-0.2, -0.15) is 0 Å². The van der Waals surface area contributed by atoms with Gasteiger partial charge in [-0.3, -0.25) is 0 Å². The van der Waals surface area contributed by atoms with Gasteiger partial charge < -0.3 is 14.6 Å². The van der Waals surface area contributed by atoms with Crippen molar-refractivity contribution in [3.05, 3.63) is 29.3 Å². The van der Waals surface area contributed by atoms with Gasteiger partial charge in [0.15, 0.2) is 0 Å². The van der Waals surface area contributed by atoms with Crippen LogP contribution < -0.4 is 0 Å². The molecular weight excluding hydrogens is 322 g/mol. The molecule has 0 bridgehead atoms. The summed E-state index contributed by atoms with van der Waals surface area (Å²) in [6, 6.07) is 3.84. The molecule has 0 saturated heterocycles. The fourth-order valence-corrected chi connectivity index (χ4v) is 2.34. The Bertz CT molecular complexity index is 760. The topological polar surface area (TPSA) is 86.5 Å². The summed E-state index contributed by atoms with van der Waals surface area (Å²) in [5, 5.41) is 17.1. The highest BCUT2D eigenvalue weighted by Crippen LogP contribution is 2.21. The van der Waals surface area contributed by atoms with Gasteiger partial charge in [-0.05, 0) is 51.0 Å². The number of fused-ring (bicyclic) bond motifs is 1. The predicted octanol–water partition coefficient (Wildman–Crippen LogP) is 2.10. The number of carbonyl (C=O) groups is 1. The number of benzene rings is 1. The maximum atomic E-state index is 11.8. The molecule has 0 unspecified atom stereocenters. The SMILES string of the molecule is Cc1c(/C=C/C(=O)OC(C)(C)C)ccc2c1nnn2CCOCCO. The van der Waals surface area contributed by atoms with E-state index in [4.69, 9.17) is 14.6 Å². The third-order valence-electron chi connectivity index (χ3n) is 3.47. The standard InChI is InChI=1S/C18H25N3O4/c1-13-14(6-8-16(23)25-18(2,3)4)5-7-15-17(13)19-20-21(15)9-11-24-12-10-22/h5-8,22H,9-12H2,1-4H3/b8-6+. The van der Waals surface area contributed by atoms with Crippen molar-refractivity contribution >= 4 is 23.1 Å². The highest BCUT2D eigenvalue weighted by atomic mass is 16.6. The molecule has 0 aliphatic carbocycles. The molecule has 1 heterocycles. The summed E-state index contributed by atoms with van der Waals surface area (Å²) in [4.78, 5) is 11.8. The Morgan fingerprint density at radius 3 is 2.76 bits per heavy atom. The number of esters is 1.